The number of carbonyl (C=O) groups excluding carboxylic acids is 1. The van der Waals surface area contributed by atoms with Crippen molar-refractivity contribution in [2.75, 3.05) is 0 Å². The van der Waals surface area contributed by atoms with Crippen LogP contribution in [-0.2, 0) is 4.79 Å². The van der Waals surface area contributed by atoms with E-state index in [-0.39, 0.29) is 0 Å². The molecule has 0 N–H and O–H groups in total. The largest absolute Gasteiger partial charge is 0.295 e. The fourth-order valence-electron chi connectivity index (χ4n) is 1.14. The van der Waals surface area contributed by atoms with E-state index in [0.29, 0.717) is 12.2 Å². The number of hydrogen-bond acceptors (Lipinski definition) is 1. The van der Waals surface area contributed by atoms with Gasteiger partial charge in [-0.3, -0.25) is 4.79 Å². The zero-order chi connectivity index (χ0) is 8.10. The number of hydrogen-bond donors (Lipinski definition) is 0. The highest BCUT2D eigenvalue weighted by atomic mass is 16.1. The van der Waals surface area contributed by atoms with Crippen LogP contribution in [0.1, 0.15) is 19.3 Å². The van der Waals surface area contributed by atoms with Crippen LogP contribution in [0.15, 0.2) is 36.5 Å². The van der Waals surface area contributed by atoms with E-state index in [0.717, 1.165) is 18.4 Å². The molecule has 0 aliphatic heterocycles. The van der Waals surface area contributed by atoms with Gasteiger partial charge in [0.1, 0.15) is 0 Å². The van der Waals surface area contributed by atoms with Gasteiger partial charge < -0.3 is 0 Å². The first-order valence-electron chi connectivity index (χ1n) is 3.84. The Morgan fingerprint density at radius 3 is 3.00 bits per heavy atom. The molecule has 1 aliphatic carbocycles. The standard InChI is InChI=1S/C10H12O/c1-2-3-4-6-9-7-5-8-10(9)11/h2-4,7H,1,5-6,8H2/b4-3+. The average Bonchev–Trinajstić information content (AvgIpc) is 2.37. The first kappa shape index (κ1) is 7.99. The summed E-state index contributed by atoms with van der Waals surface area (Å²) >= 11 is 0. The van der Waals surface area contributed by atoms with Crippen LogP contribution in [0.5, 0.6) is 0 Å². The average molecular weight is 148 g/mol. The van der Waals surface area contributed by atoms with E-state index in [1.165, 1.54) is 0 Å². The van der Waals surface area contributed by atoms with E-state index in [1.54, 1.807) is 6.08 Å². The first-order valence-corrected chi connectivity index (χ1v) is 3.84. The van der Waals surface area contributed by atoms with E-state index in [2.05, 4.69) is 6.58 Å². The molecule has 1 rings (SSSR count). The summed E-state index contributed by atoms with van der Waals surface area (Å²) in [7, 11) is 0. The van der Waals surface area contributed by atoms with Crippen LogP contribution < -0.4 is 0 Å². The van der Waals surface area contributed by atoms with E-state index < -0.39 is 0 Å². The van der Waals surface area contributed by atoms with Gasteiger partial charge in [0.2, 0.25) is 0 Å². The van der Waals surface area contributed by atoms with Crippen LogP contribution in [-0.4, -0.2) is 5.78 Å². The van der Waals surface area contributed by atoms with Crippen molar-refractivity contribution in [1.82, 2.24) is 0 Å². The second kappa shape index (κ2) is 3.91. The molecule has 0 atom stereocenters. The Balaban J connectivity index is 2.43. The summed E-state index contributed by atoms with van der Waals surface area (Å²) in [5.74, 6) is 0.304. The molecule has 0 spiro atoms. The molecule has 0 aromatic carbocycles. The minimum atomic E-state index is 0.304. The molecule has 0 aromatic rings. The van der Waals surface area contributed by atoms with Gasteiger partial charge in [0.15, 0.2) is 5.78 Å². The van der Waals surface area contributed by atoms with Crippen molar-refractivity contribution in [2.24, 2.45) is 0 Å². The molecule has 0 saturated carbocycles. The van der Waals surface area contributed by atoms with Gasteiger partial charge >= 0.3 is 0 Å². The third-order valence-corrected chi connectivity index (χ3v) is 1.73. The minimum absolute atomic E-state index is 0.304. The zero-order valence-electron chi connectivity index (χ0n) is 6.55. The Kier molecular flexibility index (Phi) is 2.84. The lowest BCUT2D eigenvalue weighted by molar-refractivity contribution is -0.114. The molecule has 0 unspecified atom stereocenters. The predicted molar refractivity (Wildman–Crippen MR) is 46.3 cm³/mol. The fourth-order valence-corrected chi connectivity index (χ4v) is 1.14. The molecule has 0 saturated heterocycles. The van der Waals surface area contributed by atoms with Crippen LogP contribution in [0, 0.1) is 0 Å². The predicted octanol–water partition coefficient (Wildman–Crippen LogP) is 2.41. The lowest BCUT2D eigenvalue weighted by atomic mass is 10.1. The van der Waals surface area contributed by atoms with Crippen LogP contribution in [0.3, 0.4) is 0 Å². The third-order valence-electron chi connectivity index (χ3n) is 1.73. The Bertz CT molecular complexity index is 221. The van der Waals surface area contributed by atoms with Crippen molar-refractivity contribution < 1.29 is 4.79 Å². The molecule has 0 heterocycles. The van der Waals surface area contributed by atoms with Gasteiger partial charge in [-0.15, -0.1) is 0 Å². The molecule has 58 valence electrons. The van der Waals surface area contributed by atoms with Gasteiger partial charge in [-0.2, -0.15) is 0 Å². The Morgan fingerprint density at radius 1 is 1.64 bits per heavy atom. The number of allylic oxidation sites excluding steroid dienone is 5. The van der Waals surface area contributed by atoms with E-state index in [1.807, 2.05) is 18.2 Å². The van der Waals surface area contributed by atoms with Gasteiger partial charge in [0.25, 0.3) is 0 Å². The SMILES string of the molecule is C=C/C=C/CC1=CCCC1=O. The maximum absolute atomic E-state index is 11.0. The first-order chi connectivity index (χ1) is 5.34. The smallest absolute Gasteiger partial charge is 0.159 e. The van der Waals surface area contributed by atoms with Gasteiger partial charge in [0, 0.05) is 6.42 Å². The van der Waals surface area contributed by atoms with Crippen molar-refractivity contribution in [3.05, 3.63) is 36.5 Å². The quantitative estimate of drug-likeness (QED) is 0.562. The third kappa shape index (κ3) is 2.19. The van der Waals surface area contributed by atoms with Crippen molar-refractivity contribution in [3.8, 4) is 0 Å². The summed E-state index contributed by atoms with van der Waals surface area (Å²) < 4.78 is 0. The van der Waals surface area contributed by atoms with Gasteiger partial charge in [-0.25, -0.2) is 0 Å². The molecule has 1 aliphatic rings. The highest BCUT2D eigenvalue weighted by molar-refractivity contribution is 5.97. The van der Waals surface area contributed by atoms with Crippen LogP contribution in [0.2, 0.25) is 0 Å². The second-order valence-corrected chi connectivity index (χ2v) is 2.56. The summed E-state index contributed by atoms with van der Waals surface area (Å²) in [6.45, 7) is 3.55. The molecule has 0 fully saturated rings. The highest BCUT2D eigenvalue weighted by Crippen LogP contribution is 2.16. The van der Waals surface area contributed by atoms with E-state index >= 15 is 0 Å². The minimum Gasteiger partial charge on any atom is -0.295 e. The van der Waals surface area contributed by atoms with Crippen molar-refractivity contribution >= 4 is 5.78 Å². The van der Waals surface area contributed by atoms with E-state index in [9.17, 15) is 4.79 Å². The summed E-state index contributed by atoms with van der Waals surface area (Å²) in [4.78, 5) is 11.0. The monoisotopic (exact) mass is 148 g/mol. The Hall–Kier alpha value is -1.11. The van der Waals surface area contributed by atoms with Crippen molar-refractivity contribution in [1.29, 1.82) is 0 Å². The second-order valence-electron chi connectivity index (χ2n) is 2.56. The maximum Gasteiger partial charge on any atom is 0.159 e. The number of rotatable bonds is 3. The van der Waals surface area contributed by atoms with Crippen LogP contribution in [0.4, 0.5) is 0 Å². The molecule has 1 nitrogen and oxygen atoms in total. The molecule has 0 bridgehead atoms. The Labute approximate surface area is 67.1 Å². The fraction of sp³-hybridized carbons (Fsp3) is 0.300. The number of carbonyl (C=O) groups is 1. The molecule has 0 amide bonds. The molecule has 0 aromatic heterocycles. The van der Waals surface area contributed by atoms with Gasteiger partial charge in [-0.1, -0.05) is 30.9 Å². The lowest BCUT2D eigenvalue weighted by Gasteiger charge is -1.91. The van der Waals surface area contributed by atoms with Crippen molar-refractivity contribution in [2.45, 2.75) is 19.3 Å². The van der Waals surface area contributed by atoms with Crippen LogP contribution in [0.25, 0.3) is 0 Å². The van der Waals surface area contributed by atoms with Gasteiger partial charge in [0.05, 0.1) is 0 Å². The highest BCUT2D eigenvalue weighted by Gasteiger charge is 2.12. The summed E-state index contributed by atoms with van der Waals surface area (Å²) in [6.07, 6.45) is 9.97. The summed E-state index contributed by atoms with van der Waals surface area (Å²) in [5, 5.41) is 0. The molecule has 1 heteroatoms. The topological polar surface area (TPSA) is 17.1 Å². The number of ketones is 1. The lowest BCUT2D eigenvalue weighted by Crippen LogP contribution is -1.93. The molecule has 11 heavy (non-hydrogen) atoms. The van der Waals surface area contributed by atoms with Gasteiger partial charge in [-0.05, 0) is 18.4 Å². The zero-order valence-corrected chi connectivity index (χ0v) is 6.55. The summed E-state index contributed by atoms with van der Waals surface area (Å²) in [6, 6.07) is 0. The molecular formula is C10H12O. The molecular weight excluding hydrogens is 136 g/mol. The maximum atomic E-state index is 11.0. The normalized spacial score (nSPS) is 17.5. The van der Waals surface area contributed by atoms with Crippen molar-refractivity contribution in [3.63, 3.8) is 0 Å². The van der Waals surface area contributed by atoms with Crippen LogP contribution >= 0.6 is 0 Å². The Morgan fingerprint density at radius 2 is 2.45 bits per heavy atom. The molecule has 0 radical (unpaired) electrons. The number of Topliss-reactive ketones (excluding diaryl/α,β-unsaturated/α-hetero) is 1. The summed E-state index contributed by atoms with van der Waals surface area (Å²) in [5.41, 5.74) is 0.961. The van der Waals surface area contributed by atoms with E-state index in [4.69, 9.17) is 0 Å².